The topological polar surface area (TPSA) is 38.0 Å². The molecule has 94 valence electrons. The van der Waals surface area contributed by atoms with Gasteiger partial charge in [-0.3, -0.25) is 0 Å². The highest BCUT2D eigenvalue weighted by Gasteiger charge is 2.29. The van der Waals surface area contributed by atoms with Gasteiger partial charge in [-0.1, -0.05) is 24.6 Å². The Kier molecular flexibility index (Phi) is 4.13. The fourth-order valence-electron chi connectivity index (χ4n) is 2.60. The molecular formula is C14H21FN2. The number of nitrogens with two attached hydrogens (primary N) is 1. The van der Waals surface area contributed by atoms with Crippen LogP contribution >= 0.6 is 0 Å². The average molecular weight is 236 g/mol. The van der Waals surface area contributed by atoms with Gasteiger partial charge in [0.1, 0.15) is 5.82 Å². The van der Waals surface area contributed by atoms with Crippen molar-refractivity contribution in [3.8, 4) is 0 Å². The van der Waals surface area contributed by atoms with E-state index in [4.69, 9.17) is 5.73 Å². The summed E-state index contributed by atoms with van der Waals surface area (Å²) in [6, 6.07) is 7.01. The zero-order chi connectivity index (χ0) is 12.1. The minimum Gasteiger partial charge on any atom is -0.329 e. The van der Waals surface area contributed by atoms with Gasteiger partial charge in [0.05, 0.1) is 0 Å². The molecule has 0 aromatic heterocycles. The van der Waals surface area contributed by atoms with Crippen molar-refractivity contribution in [2.24, 2.45) is 5.73 Å². The second-order valence-electron chi connectivity index (χ2n) is 4.96. The van der Waals surface area contributed by atoms with E-state index in [1.807, 2.05) is 12.1 Å². The lowest BCUT2D eigenvalue weighted by Gasteiger charge is -2.37. The molecule has 0 bridgehead atoms. The monoisotopic (exact) mass is 236 g/mol. The Morgan fingerprint density at radius 1 is 1.29 bits per heavy atom. The SMILES string of the molecule is NCC1(CCc2ccccc2F)CCCCN1. The molecule has 2 nitrogen and oxygen atoms in total. The van der Waals surface area contributed by atoms with Gasteiger partial charge < -0.3 is 11.1 Å². The van der Waals surface area contributed by atoms with E-state index in [1.54, 1.807) is 6.07 Å². The largest absolute Gasteiger partial charge is 0.329 e. The standard InChI is InChI=1S/C14H21FN2/c15-13-6-2-1-5-12(13)7-9-14(11-16)8-3-4-10-17-14/h1-2,5-6,17H,3-4,7-11,16H2. The highest BCUT2D eigenvalue weighted by molar-refractivity contribution is 5.18. The molecule has 17 heavy (non-hydrogen) atoms. The molecule has 0 radical (unpaired) electrons. The van der Waals surface area contributed by atoms with E-state index < -0.39 is 0 Å². The number of halogens is 1. The van der Waals surface area contributed by atoms with Crippen molar-refractivity contribution in [2.75, 3.05) is 13.1 Å². The molecule has 1 aliphatic heterocycles. The van der Waals surface area contributed by atoms with Crippen LogP contribution in [0.1, 0.15) is 31.2 Å². The van der Waals surface area contributed by atoms with Crippen LogP contribution in [-0.4, -0.2) is 18.6 Å². The van der Waals surface area contributed by atoms with Crippen LogP contribution in [0.15, 0.2) is 24.3 Å². The maximum atomic E-state index is 13.5. The van der Waals surface area contributed by atoms with Crippen LogP contribution in [0.5, 0.6) is 0 Å². The first-order valence-electron chi connectivity index (χ1n) is 6.44. The number of benzene rings is 1. The molecule has 3 N–H and O–H groups in total. The fraction of sp³-hybridized carbons (Fsp3) is 0.571. The molecule has 3 heteroatoms. The Morgan fingerprint density at radius 2 is 2.12 bits per heavy atom. The van der Waals surface area contributed by atoms with Gasteiger partial charge in [-0.2, -0.15) is 0 Å². The number of aryl methyl sites for hydroxylation is 1. The summed E-state index contributed by atoms with van der Waals surface area (Å²) in [5.74, 6) is -0.101. The van der Waals surface area contributed by atoms with E-state index >= 15 is 0 Å². The van der Waals surface area contributed by atoms with Crippen molar-refractivity contribution < 1.29 is 4.39 Å². The summed E-state index contributed by atoms with van der Waals surface area (Å²) >= 11 is 0. The van der Waals surface area contributed by atoms with Crippen LogP contribution in [0.4, 0.5) is 4.39 Å². The molecule has 1 aromatic carbocycles. The molecule has 1 atom stereocenters. The first-order chi connectivity index (χ1) is 8.26. The summed E-state index contributed by atoms with van der Waals surface area (Å²) in [4.78, 5) is 0. The lowest BCUT2D eigenvalue weighted by Crippen LogP contribution is -2.54. The van der Waals surface area contributed by atoms with E-state index in [-0.39, 0.29) is 11.4 Å². The van der Waals surface area contributed by atoms with Crippen LogP contribution < -0.4 is 11.1 Å². The van der Waals surface area contributed by atoms with E-state index in [1.165, 1.54) is 18.9 Å². The van der Waals surface area contributed by atoms with Gasteiger partial charge in [-0.15, -0.1) is 0 Å². The van der Waals surface area contributed by atoms with Gasteiger partial charge in [-0.05, 0) is 43.9 Å². The van der Waals surface area contributed by atoms with Gasteiger partial charge in [0.25, 0.3) is 0 Å². The molecule has 0 saturated carbocycles. The number of hydrogen-bond donors (Lipinski definition) is 2. The third kappa shape index (κ3) is 3.05. The van der Waals surface area contributed by atoms with Crippen LogP contribution in [-0.2, 0) is 6.42 Å². The summed E-state index contributed by atoms with van der Waals surface area (Å²) in [6.07, 6.45) is 5.24. The molecule has 0 spiro atoms. The predicted molar refractivity (Wildman–Crippen MR) is 68.4 cm³/mol. The van der Waals surface area contributed by atoms with Crippen LogP contribution in [0.2, 0.25) is 0 Å². The minimum atomic E-state index is -0.101. The molecule has 0 aliphatic carbocycles. The first-order valence-corrected chi connectivity index (χ1v) is 6.44. The molecular weight excluding hydrogens is 215 g/mol. The highest BCUT2D eigenvalue weighted by Crippen LogP contribution is 2.24. The van der Waals surface area contributed by atoms with Crippen molar-refractivity contribution >= 4 is 0 Å². The lowest BCUT2D eigenvalue weighted by atomic mass is 9.83. The Morgan fingerprint density at radius 3 is 2.76 bits per heavy atom. The summed E-state index contributed by atoms with van der Waals surface area (Å²) in [5, 5.41) is 3.52. The Balaban J connectivity index is 1.98. The second kappa shape index (κ2) is 5.61. The van der Waals surface area contributed by atoms with Crippen molar-refractivity contribution in [2.45, 2.75) is 37.6 Å². The van der Waals surface area contributed by atoms with Gasteiger partial charge in [0, 0.05) is 12.1 Å². The third-order valence-corrected chi connectivity index (χ3v) is 3.80. The zero-order valence-corrected chi connectivity index (χ0v) is 10.2. The molecule has 1 aliphatic rings. The van der Waals surface area contributed by atoms with Crippen molar-refractivity contribution in [3.05, 3.63) is 35.6 Å². The number of piperidine rings is 1. The molecule has 1 aromatic rings. The molecule has 2 rings (SSSR count). The normalized spacial score (nSPS) is 24.8. The van der Waals surface area contributed by atoms with Crippen molar-refractivity contribution in [1.82, 2.24) is 5.32 Å². The minimum absolute atomic E-state index is 0.0283. The van der Waals surface area contributed by atoms with Crippen molar-refractivity contribution in [3.63, 3.8) is 0 Å². The maximum absolute atomic E-state index is 13.5. The smallest absolute Gasteiger partial charge is 0.126 e. The quantitative estimate of drug-likeness (QED) is 0.841. The average Bonchev–Trinajstić information content (AvgIpc) is 2.39. The summed E-state index contributed by atoms with van der Waals surface area (Å²) in [5.41, 5.74) is 6.71. The number of rotatable bonds is 4. The molecule has 1 heterocycles. The van der Waals surface area contributed by atoms with Crippen LogP contribution in [0.25, 0.3) is 0 Å². The Labute approximate surface area is 102 Å². The fourth-order valence-corrected chi connectivity index (χ4v) is 2.60. The maximum Gasteiger partial charge on any atom is 0.126 e. The zero-order valence-electron chi connectivity index (χ0n) is 10.2. The van der Waals surface area contributed by atoms with Gasteiger partial charge in [0.15, 0.2) is 0 Å². The van der Waals surface area contributed by atoms with Crippen molar-refractivity contribution in [1.29, 1.82) is 0 Å². The summed E-state index contributed by atoms with van der Waals surface area (Å²) < 4.78 is 13.5. The first kappa shape index (κ1) is 12.5. The van der Waals surface area contributed by atoms with Crippen LogP contribution in [0.3, 0.4) is 0 Å². The lowest BCUT2D eigenvalue weighted by molar-refractivity contribution is 0.244. The van der Waals surface area contributed by atoms with E-state index in [2.05, 4.69) is 5.32 Å². The van der Waals surface area contributed by atoms with Gasteiger partial charge >= 0.3 is 0 Å². The molecule has 1 unspecified atom stereocenters. The number of nitrogens with one attached hydrogen (secondary N) is 1. The molecule has 1 fully saturated rings. The predicted octanol–water partition coefficient (Wildman–Crippen LogP) is 2.23. The van der Waals surface area contributed by atoms with Gasteiger partial charge in [-0.25, -0.2) is 4.39 Å². The summed E-state index contributed by atoms with van der Waals surface area (Å²) in [7, 11) is 0. The highest BCUT2D eigenvalue weighted by atomic mass is 19.1. The van der Waals surface area contributed by atoms with E-state index in [0.29, 0.717) is 6.54 Å². The Hall–Kier alpha value is -0.930. The van der Waals surface area contributed by atoms with E-state index in [0.717, 1.165) is 31.4 Å². The van der Waals surface area contributed by atoms with E-state index in [9.17, 15) is 4.39 Å². The molecule has 1 saturated heterocycles. The van der Waals surface area contributed by atoms with Gasteiger partial charge in [0.2, 0.25) is 0 Å². The molecule has 0 amide bonds. The summed E-state index contributed by atoms with van der Waals surface area (Å²) in [6.45, 7) is 1.68. The van der Waals surface area contributed by atoms with Crippen LogP contribution in [0, 0.1) is 5.82 Å². The number of hydrogen-bond acceptors (Lipinski definition) is 2. The Bertz CT molecular complexity index is 359. The third-order valence-electron chi connectivity index (χ3n) is 3.80. The second-order valence-corrected chi connectivity index (χ2v) is 4.96.